The Hall–Kier alpha value is -0.950. The molecule has 0 saturated carbocycles. The molecule has 0 saturated heterocycles. The van der Waals surface area contributed by atoms with Crippen molar-refractivity contribution in [2.75, 3.05) is 7.05 Å². The molecule has 0 amide bonds. The van der Waals surface area contributed by atoms with Crippen molar-refractivity contribution in [3.63, 3.8) is 0 Å². The first-order valence-corrected chi connectivity index (χ1v) is 5.69. The highest BCUT2D eigenvalue weighted by Gasteiger charge is 2.01. The maximum atomic E-state index is 4.07. The number of rotatable bonds is 3. The van der Waals surface area contributed by atoms with E-state index in [9.17, 15) is 0 Å². The van der Waals surface area contributed by atoms with Crippen molar-refractivity contribution < 1.29 is 0 Å². The van der Waals surface area contributed by atoms with Crippen LogP contribution in [-0.2, 0) is 6.54 Å². The second kappa shape index (κ2) is 4.71. The van der Waals surface area contributed by atoms with Gasteiger partial charge in [0, 0.05) is 10.1 Å². The van der Waals surface area contributed by atoms with Crippen LogP contribution in [0.25, 0.3) is 5.69 Å². The summed E-state index contributed by atoms with van der Waals surface area (Å²) < 4.78 is 2.98. The first kappa shape index (κ1) is 10.6. The Balaban J connectivity index is 2.29. The molecule has 1 N–H and O–H groups in total. The monoisotopic (exact) mass is 314 g/mol. The summed E-state index contributed by atoms with van der Waals surface area (Å²) in [4.78, 5) is 0. The zero-order valence-electron chi connectivity index (χ0n) is 8.31. The molecular formula is C10H11IN4. The van der Waals surface area contributed by atoms with Gasteiger partial charge in [-0.1, -0.05) is 11.3 Å². The lowest BCUT2D eigenvalue weighted by molar-refractivity contribution is 0.767. The van der Waals surface area contributed by atoms with Crippen LogP contribution in [0, 0.1) is 3.57 Å². The summed E-state index contributed by atoms with van der Waals surface area (Å²) in [6, 6.07) is 8.14. The molecule has 0 unspecified atom stereocenters. The normalized spacial score (nSPS) is 10.5. The number of hydrogen-bond donors (Lipinski definition) is 1. The summed E-state index contributed by atoms with van der Waals surface area (Å²) in [5.74, 6) is 0. The largest absolute Gasteiger partial charge is 0.314 e. The fourth-order valence-corrected chi connectivity index (χ4v) is 1.83. The van der Waals surface area contributed by atoms with Crippen molar-refractivity contribution in [2.45, 2.75) is 6.54 Å². The Bertz CT molecular complexity index is 452. The molecule has 0 fully saturated rings. The highest BCUT2D eigenvalue weighted by Crippen LogP contribution is 2.11. The highest BCUT2D eigenvalue weighted by atomic mass is 127. The smallest absolute Gasteiger partial charge is 0.0969 e. The van der Waals surface area contributed by atoms with E-state index in [0.717, 1.165) is 17.9 Å². The molecule has 0 aliphatic carbocycles. The molecule has 15 heavy (non-hydrogen) atoms. The maximum Gasteiger partial charge on any atom is 0.0969 e. The van der Waals surface area contributed by atoms with Gasteiger partial charge in [-0.25, -0.2) is 4.68 Å². The predicted octanol–water partition coefficient (Wildman–Crippen LogP) is 1.59. The molecule has 0 spiro atoms. The summed E-state index contributed by atoms with van der Waals surface area (Å²) >= 11 is 2.28. The molecule has 2 rings (SSSR count). The summed E-state index contributed by atoms with van der Waals surface area (Å²) in [6.07, 6.45) is 1.93. The average molecular weight is 314 g/mol. The molecule has 2 aromatic rings. The number of hydrogen-bond acceptors (Lipinski definition) is 3. The van der Waals surface area contributed by atoms with Crippen LogP contribution < -0.4 is 5.32 Å². The van der Waals surface area contributed by atoms with Crippen LogP contribution in [-0.4, -0.2) is 22.0 Å². The molecule has 4 nitrogen and oxygen atoms in total. The fraction of sp³-hybridized carbons (Fsp3) is 0.200. The number of nitrogens with one attached hydrogen (secondary N) is 1. The van der Waals surface area contributed by atoms with E-state index >= 15 is 0 Å². The minimum absolute atomic E-state index is 0.740. The van der Waals surface area contributed by atoms with Gasteiger partial charge >= 0.3 is 0 Å². The number of nitrogens with zero attached hydrogens (tertiary/aromatic N) is 3. The van der Waals surface area contributed by atoms with Gasteiger partial charge in [-0.05, 0) is 47.8 Å². The van der Waals surface area contributed by atoms with E-state index in [0.29, 0.717) is 0 Å². The van der Waals surface area contributed by atoms with Gasteiger partial charge < -0.3 is 5.32 Å². The molecule has 5 heteroatoms. The molecule has 1 heterocycles. The van der Waals surface area contributed by atoms with Crippen LogP contribution in [0.3, 0.4) is 0 Å². The molecule has 0 bridgehead atoms. The Kier molecular flexibility index (Phi) is 3.32. The number of halogens is 1. The minimum Gasteiger partial charge on any atom is -0.314 e. The first-order valence-electron chi connectivity index (χ1n) is 4.61. The third-order valence-electron chi connectivity index (χ3n) is 1.97. The number of aromatic nitrogens is 3. The van der Waals surface area contributed by atoms with Crippen LogP contribution in [0.2, 0.25) is 0 Å². The molecule has 0 atom stereocenters. The van der Waals surface area contributed by atoms with E-state index in [4.69, 9.17) is 0 Å². The molecule has 1 aromatic heterocycles. The highest BCUT2D eigenvalue weighted by molar-refractivity contribution is 14.1. The minimum atomic E-state index is 0.740. The van der Waals surface area contributed by atoms with E-state index in [1.54, 1.807) is 4.68 Å². The van der Waals surface area contributed by atoms with Crippen LogP contribution in [0.1, 0.15) is 5.69 Å². The molecule has 0 aliphatic heterocycles. The quantitative estimate of drug-likeness (QED) is 0.875. The summed E-state index contributed by atoms with van der Waals surface area (Å²) in [6.45, 7) is 0.740. The van der Waals surface area contributed by atoms with Gasteiger partial charge in [0.05, 0.1) is 17.6 Å². The zero-order valence-corrected chi connectivity index (χ0v) is 10.5. The van der Waals surface area contributed by atoms with Gasteiger partial charge in [-0.2, -0.15) is 0 Å². The molecule has 0 aliphatic rings. The topological polar surface area (TPSA) is 42.7 Å². The van der Waals surface area contributed by atoms with Crippen molar-refractivity contribution in [3.05, 3.63) is 39.7 Å². The van der Waals surface area contributed by atoms with Gasteiger partial charge in [0.2, 0.25) is 0 Å². The zero-order chi connectivity index (χ0) is 10.7. The predicted molar refractivity (Wildman–Crippen MR) is 66.8 cm³/mol. The van der Waals surface area contributed by atoms with E-state index in [1.807, 2.05) is 25.4 Å². The average Bonchev–Trinajstić information content (AvgIpc) is 2.67. The van der Waals surface area contributed by atoms with E-state index in [2.05, 4.69) is 50.4 Å². The van der Waals surface area contributed by atoms with E-state index in [-0.39, 0.29) is 0 Å². The lowest BCUT2D eigenvalue weighted by Gasteiger charge is -1.99. The second-order valence-corrected chi connectivity index (χ2v) is 4.41. The Morgan fingerprint density at radius 1 is 1.47 bits per heavy atom. The lowest BCUT2D eigenvalue weighted by atomic mass is 10.3. The first-order chi connectivity index (χ1) is 7.29. The maximum absolute atomic E-state index is 4.07. The Labute approximate surface area is 102 Å². The van der Waals surface area contributed by atoms with Crippen LogP contribution in [0.15, 0.2) is 30.5 Å². The van der Waals surface area contributed by atoms with Gasteiger partial charge in [-0.3, -0.25) is 0 Å². The fourth-order valence-electron chi connectivity index (χ4n) is 1.31. The standard InChI is InChI=1S/C10H11IN4/c1-12-6-9-7-15(14-13-9)10-4-2-3-8(11)5-10/h2-5,7,12H,6H2,1H3. The molecule has 0 radical (unpaired) electrons. The second-order valence-electron chi connectivity index (χ2n) is 3.16. The molecule has 78 valence electrons. The summed E-state index contributed by atoms with van der Waals surface area (Å²) in [5, 5.41) is 11.2. The van der Waals surface area contributed by atoms with Crippen molar-refractivity contribution in [2.24, 2.45) is 0 Å². The number of benzene rings is 1. The van der Waals surface area contributed by atoms with Crippen molar-refractivity contribution in [1.82, 2.24) is 20.3 Å². The SMILES string of the molecule is CNCc1cn(-c2cccc(I)c2)nn1. The third kappa shape index (κ3) is 2.54. The van der Waals surface area contributed by atoms with Gasteiger partial charge in [-0.15, -0.1) is 5.10 Å². The van der Waals surface area contributed by atoms with Crippen LogP contribution in [0.4, 0.5) is 0 Å². The van der Waals surface area contributed by atoms with Gasteiger partial charge in [0.1, 0.15) is 0 Å². The molecule has 1 aromatic carbocycles. The summed E-state index contributed by atoms with van der Waals surface area (Å²) in [5.41, 5.74) is 1.98. The van der Waals surface area contributed by atoms with Crippen molar-refractivity contribution in [1.29, 1.82) is 0 Å². The third-order valence-corrected chi connectivity index (χ3v) is 2.64. The van der Waals surface area contributed by atoms with Gasteiger partial charge in [0.15, 0.2) is 0 Å². The lowest BCUT2D eigenvalue weighted by Crippen LogP contribution is -2.04. The summed E-state index contributed by atoms with van der Waals surface area (Å²) in [7, 11) is 1.89. The van der Waals surface area contributed by atoms with Gasteiger partial charge in [0.25, 0.3) is 0 Å². The van der Waals surface area contributed by atoms with Crippen LogP contribution >= 0.6 is 22.6 Å². The Morgan fingerprint density at radius 2 is 2.33 bits per heavy atom. The van der Waals surface area contributed by atoms with Crippen LogP contribution in [0.5, 0.6) is 0 Å². The van der Waals surface area contributed by atoms with E-state index < -0.39 is 0 Å². The Morgan fingerprint density at radius 3 is 3.07 bits per heavy atom. The van der Waals surface area contributed by atoms with Crippen molar-refractivity contribution in [3.8, 4) is 5.69 Å². The van der Waals surface area contributed by atoms with E-state index in [1.165, 1.54) is 3.57 Å². The molecular weight excluding hydrogens is 303 g/mol. The van der Waals surface area contributed by atoms with Crippen molar-refractivity contribution >= 4 is 22.6 Å².